The number of aryl methyl sites for hydroxylation is 1. The predicted molar refractivity (Wildman–Crippen MR) is 64.9 cm³/mol. The van der Waals surface area contributed by atoms with Crippen LogP contribution in [0.15, 0.2) is 24.4 Å². The molecular formula is C12H16N4O. The van der Waals surface area contributed by atoms with Gasteiger partial charge >= 0.3 is 0 Å². The van der Waals surface area contributed by atoms with Gasteiger partial charge in [-0.15, -0.1) is 5.10 Å². The third-order valence-electron chi connectivity index (χ3n) is 2.48. The van der Waals surface area contributed by atoms with Gasteiger partial charge in [0.1, 0.15) is 5.75 Å². The summed E-state index contributed by atoms with van der Waals surface area (Å²) in [5.41, 5.74) is 7.71. The second-order valence-corrected chi connectivity index (χ2v) is 3.92. The second kappa shape index (κ2) is 4.97. The van der Waals surface area contributed by atoms with Gasteiger partial charge in [0.15, 0.2) is 0 Å². The Kier molecular flexibility index (Phi) is 3.39. The number of nitrogens with two attached hydrogens (primary N) is 1. The zero-order chi connectivity index (χ0) is 12.3. The van der Waals surface area contributed by atoms with Crippen LogP contribution in [0.1, 0.15) is 30.8 Å². The lowest BCUT2D eigenvalue weighted by molar-refractivity contribution is 0.458. The van der Waals surface area contributed by atoms with Crippen molar-refractivity contribution in [1.29, 1.82) is 0 Å². The van der Waals surface area contributed by atoms with E-state index in [0.717, 1.165) is 17.8 Å². The highest BCUT2D eigenvalue weighted by Gasteiger charge is 2.06. The van der Waals surface area contributed by atoms with E-state index < -0.39 is 0 Å². The number of H-pyrrole nitrogens is 1. The standard InChI is InChI=1S/C12H16N4O/c1-3-10(13)11-5-4-9(7-14-11)17-12-6-8(2)15-16-12/h4-7,10H,3,13H2,1-2H3,(H,15,16)/t10-/m0/s1. The summed E-state index contributed by atoms with van der Waals surface area (Å²) in [5.74, 6) is 1.19. The Hall–Kier alpha value is -1.88. The summed E-state index contributed by atoms with van der Waals surface area (Å²) in [6.07, 6.45) is 2.53. The molecule has 2 heterocycles. The Morgan fingerprint density at radius 3 is 2.82 bits per heavy atom. The van der Waals surface area contributed by atoms with Crippen molar-refractivity contribution in [2.24, 2.45) is 5.73 Å². The summed E-state index contributed by atoms with van der Waals surface area (Å²) in [7, 11) is 0. The minimum Gasteiger partial charge on any atom is -0.436 e. The van der Waals surface area contributed by atoms with Crippen LogP contribution in [-0.4, -0.2) is 15.2 Å². The normalized spacial score (nSPS) is 12.4. The largest absolute Gasteiger partial charge is 0.436 e. The van der Waals surface area contributed by atoms with Crippen molar-refractivity contribution in [3.63, 3.8) is 0 Å². The SMILES string of the molecule is CC[C@H](N)c1ccc(Oc2cc(C)[nH]n2)cn1. The molecule has 1 atom stereocenters. The highest BCUT2D eigenvalue weighted by atomic mass is 16.5. The monoisotopic (exact) mass is 232 g/mol. The van der Waals surface area contributed by atoms with Crippen LogP contribution in [0, 0.1) is 6.92 Å². The molecule has 0 saturated carbocycles. The first-order chi connectivity index (χ1) is 8.19. The molecule has 5 nitrogen and oxygen atoms in total. The van der Waals surface area contributed by atoms with Gasteiger partial charge in [0.05, 0.1) is 11.9 Å². The van der Waals surface area contributed by atoms with E-state index in [9.17, 15) is 0 Å². The van der Waals surface area contributed by atoms with E-state index >= 15 is 0 Å². The third kappa shape index (κ3) is 2.82. The van der Waals surface area contributed by atoms with Gasteiger partial charge in [0.2, 0.25) is 5.88 Å². The van der Waals surface area contributed by atoms with Gasteiger partial charge in [0, 0.05) is 17.8 Å². The molecule has 0 unspecified atom stereocenters. The van der Waals surface area contributed by atoms with Gasteiger partial charge in [-0.1, -0.05) is 6.92 Å². The Morgan fingerprint density at radius 2 is 2.29 bits per heavy atom. The Labute approximate surface area is 100 Å². The van der Waals surface area contributed by atoms with Gasteiger partial charge in [-0.25, -0.2) is 0 Å². The fourth-order valence-corrected chi connectivity index (χ4v) is 1.45. The number of pyridine rings is 1. The molecule has 90 valence electrons. The van der Waals surface area contributed by atoms with Gasteiger partial charge in [-0.2, -0.15) is 0 Å². The van der Waals surface area contributed by atoms with Crippen LogP contribution in [-0.2, 0) is 0 Å². The summed E-state index contributed by atoms with van der Waals surface area (Å²) >= 11 is 0. The first kappa shape index (κ1) is 11.6. The molecule has 0 aromatic carbocycles. The van der Waals surface area contributed by atoms with Crippen molar-refractivity contribution in [2.45, 2.75) is 26.3 Å². The fourth-order valence-electron chi connectivity index (χ4n) is 1.45. The van der Waals surface area contributed by atoms with Crippen LogP contribution >= 0.6 is 0 Å². The number of hydrogen-bond donors (Lipinski definition) is 2. The summed E-state index contributed by atoms with van der Waals surface area (Å²) < 4.78 is 5.52. The second-order valence-electron chi connectivity index (χ2n) is 3.92. The molecule has 0 spiro atoms. The highest BCUT2D eigenvalue weighted by molar-refractivity contribution is 5.26. The molecule has 0 amide bonds. The molecule has 0 aliphatic heterocycles. The first-order valence-corrected chi connectivity index (χ1v) is 5.60. The maximum Gasteiger partial charge on any atom is 0.238 e. The first-order valence-electron chi connectivity index (χ1n) is 5.60. The number of hydrogen-bond acceptors (Lipinski definition) is 4. The molecule has 0 saturated heterocycles. The van der Waals surface area contributed by atoms with Crippen molar-refractivity contribution in [3.8, 4) is 11.6 Å². The zero-order valence-electron chi connectivity index (χ0n) is 9.97. The van der Waals surface area contributed by atoms with Crippen molar-refractivity contribution in [1.82, 2.24) is 15.2 Å². The van der Waals surface area contributed by atoms with E-state index in [-0.39, 0.29) is 6.04 Å². The van der Waals surface area contributed by atoms with Crippen LogP contribution in [0.4, 0.5) is 0 Å². The van der Waals surface area contributed by atoms with E-state index in [1.165, 1.54) is 0 Å². The van der Waals surface area contributed by atoms with E-state index in [2.05, 4.69) is 15.2 Å². The number of nitrogens with zero attached hydrogens (tertiary/aromatic N) is 2. The van der Waals surface area contributed by atoms with E-state index in [1.54, 1.807) is 6.20 Å². The molecule has 0 bridgehead atoms. The predicted octanol–water partition coefficient (Wildman–Crippen LogP) is 2.32. The molecule has 5 heteroatoms. The lowest BCUT2D eigenvalue weighted by Gasteiger charge is -2.08. The molecule has 0 radical (unpaired) electrons. The lowest BCUT2D eigenvalue weighted by Crippen LogP contribution is -2.10. The highest BCUT2D eigenvalue weighted by Crippen LogP contribution is 2.20. The van der Waals surface area contributed by atoms with Gasteiger partial charge < -0.3 is 10.5 Å². The molecule has 17 heavy (non-hydrogen) atoms. The molecular weight excluding hydrogens is 216 g/mol. The number of aromatic nitrogens is 3. The smallest absolute Gasteiger partial charge is 0.238 e. The number of nitrogens with one attached hydrogen (secondary N) is 1. The van der Waals surface area contributed by atoms with Gasteiger partial charge in [0.25, 0.3) is 0 Å². The fraction of sp³-hybridized carbons (Fsp3) is 0.333. The maximum atomic E-state index is 5.88. The molecule has 2 aromatic rings. The van der Waals surface area contributed by atoms with E-state index in [1.807, 2.05) is 32.0 Å². The van der Waals surface area contributed by atoms with Crippen LogP contribution in [0.25, 0.3) is 0 Å². The summed E-state index contributed by atoms with van der Waals surface area (Å²) in [5, 5.41) is 6.80. The summed E-state index contributed by atoms with van der Waals surface area (Å²) in [6.45, 7) is 3.95. The van der Waals surface area contributed by atoms with Crippen LogP contribution < -0.4 is 10.5 Å². The van der Waals surface area contributed by atoms with E-state index in [0.29, 0.717) is 11.6 Å². The number of ether oxygens (including phenoxy) is 1. The van der Waals surface area contributed by atoms with Crippen molar-refractivity contribution in [3.05, 3.63) is 35.8 Å². The zero-order valence-corrected chi connectivity index (χ0v) is 9.97. The minimum atomic E-state index is -0.0170. The quantitative estimate of drug-likeness (QED) is 0.848. The van der Waals surface area contributed by atoms with Crippen molar-refractivity contribution >= 4 is 0 Å². The van der Waals surface area contributed by atoms with Gasteiger partial charge in [-0.05, 0) is 25.5 Å². The molecule has 0 fully saturated rings. The average molecular weight is 232 g/mol. The average Bonchev–Trinajstić information content (AvgIpc) is 2.75. The maximum absolute atomic E-state index is 5.88. The molecule has 3 N–H and O–H groups in total. The number of aromatic amines is 1. The third-order valence-corrected chi connectivity index (χ3v) is 2.48. The van der Waals surface area contributed by atoms with Crippen molar-refractivity contribution in [2.75, 3.05) is 0 Å². The molecule has 2 rings (SSSR count). The van der Waals surface area contributed by atoms with Crippen LogP contribution in [0.3, 0.4) is 0 Å². The summed E-state index contributed by atoms with van der Waals surface area (Å²) in [4.78, 5) is 4.26. The number of rotatable bonds is 4. The van der Waals surface area contributed by atoms with Crippen LogP contribution in [0.5, 0.6) is 11.6 Å². The van der Waals surface area contributed by atoms with Crippen molar-refractivity contribution < 1.29 is 4.74 Å². The lowest BCUT2D eigenvalue weighted by atomic mass is 10.1. The molecule has 2 aromatic heterocycles. The topological polar surface area (TPSA) is 76.8 Å². The molecule has 0 aliphatic rings. The molecule has 0 aliphatic carbocycles. The Bertz CT molecular complexity index is 478. The minimum absolute atomic E-state index is 0.0170. The van der Waals surface area contributed by atoms with Crippen LogP contribution in [0.2, 0.25) is 0 Å². The Balaban J connectivity index is 2.08. The Morgan fingerprint density at radius 1 is 1.47 bits per heavy atom. The van der Waals surface area contributed by atoms with E-state index in [4.69, 9.17) is 10.5 Å². The van der Waals surface area contributed by atoms with Gasteiger partial charge in [-0.3, -0.25) is 10.1 Å². The summed E-state index contributed by atoms with van der Waals surface area (Å²) in [6, 6.07) is 5.54.